The number of hydroxylamine groups is 1. The molecule has 14 heteroatoms. The van der Waals surface area contributed by atoms with Crippen LogP contribution in [0.1, 0.15) is 18.5 Å². The van der Waals surface area contributed by atoms with Crippen LogP contribution in [0.25, 0.3) is 0 Å². The fourth-order valence-corrected chi connectivity index (χ4v) is 2.16. The minimum atomic E-state index is -4.82. The van der Waals surface area contributed by atoms with E-state index in [2.05, 4.69) is 19.9 Å². The lowest BCUT2D eigenvalue weighted by molar-refractivity contribution is -0.161. The number of benzene rings is 1. The summed E-state index contributed by atoms with van der Waals surface area (Å²) < 4.78 is 60.0. The SMILES string of the molecule is NC(C(=O)CCCOc1nonc1C(=Nc1ccc(F)c(Cl)c1)NO)C(F)(F)F. The highest BCUT2D eigenvalue weighted by atomic mass is 35.5. The third-order valence-electron chi connectivity index (χ3n) is 3.44. The lowest BCUT2D eigenvalue weighted by Gasteiger charge is -2.13. The van der Waals surface area contributed by atoms with Crippen molar-refractivity contribution in [1.29, 1.82) is 0 Å². The van der Waals surface area contributed by atoms with Gasteiger partial charge in [0.2, 0.25) is 5.69 Å². The van der Waals surface area contributed by atoms with E-state index in [1.54, 1.807) is 5.48 Å². The predicted molar refractivity (Wildman–Crippen MR) is 90.6 cm³/mol. The first-order chi connectivity index (χ1) is 13.6. The van der Waals surface area contributed by atoms with Crippen molar-refractivity contribution in [2.45, 2.75) is 25.1 Å². The van der Waals surface area contributed by atoms with Crippen molar-refractivity contribution in [3.8, 4) is 5.88 Å². The third-order valence-corrected chi connectivity index (χ3v) is 3.73. The van der Waals surface area contributed by atoms with Gasteiger partial charge in [-0.15, -0.1) is 0 Å². The number of ketones is 1. The Labute approximate surface area is 165 Å². The Morgan fingerprint density at radius 3 is 2.76 bits per heavy atom. The van der Waals surface area contributed by atoms with Crippen molar-refractivity contribution >= 4 is 28.9 Å². The molecule has 2 rings (SSSR count). The number of amidine groups is 1. The predicted octanol–water partition coefficient (Wildman–Crippen LogP) is 2.54. The number of nitrogens with two attached hydrogens (primary N) is 1. The average Bonchev–Trinajstić information content (AvgIpc) is 3.12. The Morgan fingerprint density at radius 1 is 1.41 bits per heavy atom. The molecule has 0 saturated heterocycles. The molecule has 0 bridgehead atoms. The molecule has 0 amide bonds. The molecule has 9 nitrogen and oxygen atoms in total. The van der Waals surface area contributed by atoms with Crippen molar-refractivity contribution in [1.82, 2.24) is 15.8 Å². The van der Waals surface area contributed by atoms with Crippen LogP contribution in [-0.4, -0.2) is 46.0 Å². The highest BCUT2D eigenvalue weighted by Crippen LogP contribution is 2.23. The van der Waals surface area contributed by atoms with Gasteiger partial charge in [-0.25, -0.2) is 14.0 Å². The maximum atomic E-state index is 13.2. The first kappa shape index (κ1) is 22.5. The summed E-state index contributed by atoms with van der Waals surface area (Å²) >= 11 is 5.65. The van der Waals surface area contributed by atoms with Crippen molar-refractivity contribution in [2.75, 3.05) is 6.61 Å². The lowest BCUT2D eigenvalue weighted by Crippen LogP contribution is -2.44. The number of hydrogen-bond donors (Lipinski definition) is 3. The van der Waals surface area contributed by atoms with E-state index in [1.807, 2.05) is 0 Å². The van der Waals surface area contributed by atoms with Gasteiger partial charge in [-0.1, -0.05) is 11.6 Å². The van der Waals surface area contributed by atoms with E-state index in [1.165, 1.54) is 12.1 Å². The molecule has 0 aliphatic heterocycles. The normalized spacial score (nSPS) is 13.3. The Bertz CT molecular complexity index is 890. The van der Waals surface area contributed by atoms with Crippen LogP contribution in [0.5, 0.6) is 5.88 Å². The van der Waals surface area contributed by atoms with Crippen LogP contribution in [0.2, 0.25) is 5.02 Å². The molecule has 1 heterocycles. The second-order valence-corrected chi connectivity index (χ2v) is 5.93. The van der Waals surface area contributed by atoms with Crippen molar-refractivity contribution in [2.24, 2.45) is 10.7 Å². The van der Waals surface area contributed by atoms with Gasteiger partial charge in [0, 0.05) is 6.42 Å². The van der Waals surface area contributed by atoms with Crippen LogP contribution in [-0.2, 0) is 4.79 Å². The van der Waals surface area contributed by atoms with E-state index in [-0.39, 0.29) is 41.1 Å². The zero-order chi connectivity index (χ0) is 21.6. The van der Waals surface area contributed by atoms with E-state index in [0.29, 0.717) is 0 Å². The number of nitrogens with one attached hydrogen (secondary N) is 1. The first-order valence-corrected chi connectivity index (χ1v) is 8.26. The molecule has 1 aromatic heterocycles. The number of halogens is 5. The maximum Gasteiger partial charge on any atom is 0.410 e. The Balaban J connectivity index is 2.01. The van der Waals surface area contributed by atoms with E-state index in [4.69, 9.17) is 22.1 Å². The molecule has 158 valence electrons. The van der Waals surface area contributed by atoms with Gasteiger partial charge < -0.3 is 10.5 Å². The van der Waals surface area contributed by atoms with Crippen LogP contribution in [0, 0.1) is 5.82 Å². The average molecular weight is 440 g/mol. The second-order valence-electron chi connectivity index (χ2n) is 5.53. The number of hydrogen-bond acceptors (Lipinski definition) is 8. The molecular formula is C15H14ClF4N5O4. The third kappa shape index (κ3) is 6.10. The number of carbonyl (C=O) groups excluding carboxylic acids is 1. The van der Waals surface area contributed by atoms with Gasteiger partial charge in [0.05, 0.1) is 17.3 Å². The number of alkyl halides is 3. The smallest absolute Gasteiger partial charge is 0.410 e. The van der Waals surface area contributed by atoms with Crippen LogP contribution in [0.3, 0.4) is 0 Å². The van der Waals surface area contributed by atoms with Gasteiger partial charge in [0.15, 0.2) is 17.7 Å². The fourth-order valence-electron chi connectivity index (χ4n) is 1.99. The van der Waals surface area contributed by atoms with E-state index >= 15 is 0 Å². The Hall–Kier alpha value is -2.77. The summed E-state index contributed by atoms with van der Waals surface area (Å²) in [5.41, 5.74) is 6.51. The minimum Gasteiger partial charge on any atom is -0.474 e. The maximum absolute atomic E-state index is 13.2. The van der Waals surface area contributed by atoms with E-state index in [9.17, 15) is 27.6 Å². The number of rotatable bonds is 8. The van der Waals surface area contributed by atoms with Gasteiger partial charge in [0.25, 0.3) is 5.88 Å². The zero-order valence-corrected chi connectivity index (χ0v) is 15.2. The highest BCUT2D eigenvalue weighted by molar-refractivity contribution is 6.31. The summed E-state index contributed by atoms with van der Waals surface area (Å²) in [5.74, 6) is -2.41. The fraction of sp³-hybridized carbons (Fsp3) is 0.333. The number of nitrogens with zero attached hydrogens (tertiary/aromatic N) is 3. The molecule has 0 aliphatic carbocycles. The van der Waals surface area contributed by atoms with Crippen LogP contribution < -0.4 is 16.0 Å². The molecule has 1 aromatic carbocycles. The summed E-state index contributed by atoms with van der Waals surface area (Å²) in [5, 5.41) is 16.0. The first-order valence-electron chi connectivity index (χ1n) is 7.88. The van der Waals surface area contributed by atoms with E-state index in [0.717, 1.165) is 6.07 Å². The monoisotopic (exact) mass is 439 g/mol. The molecule has 0 saturated carbocycles. The Kier molecular flexibility index (Phi) is 7.47. The summed E-state index contributed by atoms with van der Waals surface area (Å²) in [7, 11) is 0. The molecule has 1 unspecified atom stereocenters. The molecule has 2 aromatic rings. The number of aliphatic imine (C=N–C) groups is 1. The topological polar surface area (TPSA) is 136 Å². The molecule has 29 heavy (non-hydrogen) atoms. The van der Waals surface area contributed by atoms with Gasteiger partial charge in [-0.2, -0.15) is 13.2 Å². The summed E-state index contributed by atoms with van der Waals surface area (Å²) in [4.78, 5) is 15.3. The molecule has 0 radical (unpaired) electrons. The van der Waals surface area contributed by atoms with Crippen LogP contribution in [0.15, 0.2) is 27.8 Å². The zero-order valence-electron chi connectivity index (χ0n) is 14.4. The molecule has 1 atom stereocenters. The van der Waals surface area contributed by atoms with E-state index < -0.39 is 30.2 Å². The summed E-state index contributed by atoms with van der Waals surface area (Å²) in [6.45, 7) is -0.224. The molecule has 0 fully saturated rings. The van der Waals surface area contributed by atoms with Crippen molar-refractivity contribution in [3.63, 3.8) is 0 Å². The lowest BCUT2D eigenvalue weighted by atomic mass is 10.1. The van der Waals surface area contributed by atoms with Gasteiger partial charge >= 0.3 is 6.18 Å². The molecular weight excluding hydrogens is 426 g/mol. The highest BCUT2D eigenvalue weighted by Gasteiger charge is 2.41. The standard InChI is InChI=1S/C15H14ClF4N5O4/c16-8-6-7(3-4-9(8)17)22-13(23-27)11-14(25-29-24-11)28-5-1-2-10(26)12(21)15(18,19)20/h3-4,6,12,27H,1-2,5,21H2,(H,22,23). The number of aromatic nitrogens is 2. The Morgan fingerprint density at radius 2 is 2.14 bits per heavy atom. The number of carbonyl (C=O) groups is 1. The van der Waals surface area contributed by atoms with Gasteiger partial charge in [-0.05, 0) is 34.9 Å². The number of ether oxygens (including phenoxy) is 1. The van der Waals surface area contributed by atoms with Crippen molar-refractivity contribution < 1.29 is 36.9 Å². The van der Waals surface area contributed by atoms with Crippen LogP contribution in [0.4, 0.5) is 23.2 Å². The molecule has 0 aliphatic rings. The van der Waals surface area contributed by atoms with Crippen LogP contribution >= 0.6 is 11.6 Å². The minimum absolute atomic E-state index is 0.0957. The van der Waals surface area contributed by atoms with Gasteiger partial charge in [0.1, 0.15) is 5.82 Å². The molecule has 4 N–H and O–H groups in total. The second kappa shape index (κ2) is 9.62. The molecule has 0 spiro atoms. The quantitative estimate of drug-likeness (QED) is 0.188. The largest absolute Gasteiger partial charge is 0.474 e. The number of Topliss-reactive ketones (excluding diaryl/α,β-unsaturated/α-hetero) is 1. The summed E-state index contributed by atoms with van der Waals surface area (Å²) in [6, 6.07) is 0.934. The van der Waals surface area contributed by atoms with Crippen molar-refractivity contribution in [3.05, 3.63) is 34.7 Å². The van der Waals surface area contributed by atoms with Gasteiger partial charge in [-0.3, -0.25) is 15.5 Å². The summed E-state index contributed by atoms with van der Waals surface area (Å²) in [6.07, 6.45) is -5.39.